The molecular formula is C15H23FN2O2. The van der Waals surface area contributed by atoms with Crippen molar-refractivity contribution in [1.29, 1.82) is 0 Å². The molecule has 0 radical (unpaired) electrons. The molecule has 1 aromatic rings. The van der Waals surface area contributed by atoms with Crippen molar-refractivity contribution in [2.45, 2.75) is 39.2 Å². The minimum Gasteiger partial charge on any atom is -0.490 e. The van der Waals surface area contributed by atoms with Crippen molar-refractivity contribution in [1.82, 2.24) is 5.32 Å². The number of hydrogen-bond acceptors (Lipinski definition) is 3. The van der Waals surface area contributed by atoms with Crippen LogP contribution in [0.2, 0.25) is 0 Å². The number of halogens is 1. The summed E-state index contributed by atoms with van der Waals surface area (Å²) in [7, 11) is 0. The molecule has 3 N–H and O–H groups in total. The summed E-state index contributed by atoms with van der Waals surface area (Å²) in [5, 5.41) is 2.76. The molecule has 4 nitrogen and oxygen atoms in total. The molecule has 0 fully saturated rings. The lowest BCUT2D eigenvalue weighted by Gasteiger charge is -2.27. The van der Waals surface area contributed by atoms with Gasteiger partial charge in [0.25, 0.3) is 5.91 Å². The molecule has 0 aliphatic heterocycles. The third kappa shape index (κ3) is 3.93. The van der Waals surface area contributed by atoms with E-state index in [1.54, 1.807) is 13.0 Å². The number of benzene rings is 1. The fourth-order valence-corrected chi connectivity index (χ4v) is 1.83. The molecule has 0 unspecified atom stereocenters. The van der Waals surface area contributed by atoms with Crippen molar-refractivity contribution in [2.24, 2.45) is 5.73 Å². The lowest BCUT2D eigenvalue weighted by molar-refractivity contribution is 0.0937. The van der Waals surface area contributed by atoms with Gasteiger partial charge in [0.2, 0.25) is 0 Å². The van der Waals surface area contributed by atoms with E-state index in [0.29, 0.717) is 13.2 Å². The summed E-state index contributed by atoms with van der Waals surface area (Å²) in [5.41, 5.74) is 5.89. The molecule has 0 aromatic heterocycles. The van der Waals surface area contributed by atoms with Crippen LogP contribution in [0.25, 0.3) is 0 Å². The average Bonchev–Trinajstić information content (AvgIpc) is 2.46. The molecule has 0 spiro atoms. The van der Waals surface area contributed by atoms with Crippen LogP contribution >= 0.6 is 0 Å². The highest BCUT2D eigenvalue weighted by molar-refractivity contribution is 5.97. The number of ether oxygens (including phenoxy) is 1. The zero-order valence-corrected chi connectivity index (χ0v) is 12.3. The first-order chi connectivity index (χ1) is 9.47. The van der Waals surface area contributed by atoms with Gasteiger partial charge in [-0.05, 0) is 31.9 Å². The van der Waals surface area contributed by atoms with Crippen LogP contribution < -0.4 is 15.8 Å². The van der Waals surface area contributed by atoms with Crippen molar-refractivity contribution in [3.63, 3.8) is 0 Å². The van der Waals surface area contributed by atoms with Crippen LogP contribution in [0.4, 0.5) is 4.39 Å². The van der Waals surface area contributed by atoms with E-state index in [1.165, 1.54) is 12.1 Å². The second-order valence-electron chi connectivity index (χ2n) is 4.80. The van der Waals surface area contributed by atoms with Crippen LogP contribution in [0, 0.1) is 5.82 Å². The van der Waals surface area contributed by atoms with Gasteiger partial charge in [-0.15, -0.1) is 0 Å². The largest absolute Gasteiger partial charge is 0.490 e. The zero-order chi connectivity index (χ0) is 15.2. The molecule has 1 rings (SSSR count). The Morgan fingerprint density at radius 1 is 1.35 bits per heavy atom. The lowest BCUT2D eigenvalue weighted by Crippen LogP contribution is -2.49. The highest BCUT2D eigenvalue weighted by atomic mass is 19.1. The van der Waals surface area contributed by atoms with Crippen LogP contribution in [0.3, 0.4) is 0 Å². The fraction of sp³-hybridized carbons (Fsp3) is 0.533. The van der Waals surface area contributed by atoms with Crippen molar-refractivity contribution in [3.05, 3.63) is 29.6 Å². The van der Waals surface area contributed by atoms with Gasteiger partial charge in [0.1, 0.15) is 0 Å². The number of carbonyl (C=O) groups is 1. The van der Waals surface area contributed by atoms with Gasteiger partial charge in [-0.2, -0.15) is 0 Å². The van der Waals surface area contributed by atoms with Crippen LogP contribution in [-0.2, 0) is 0 Å². The summed E-state index contributed by atoms with van der Waals surface area (Å²) in [6, 6.07) is 4.30. The number of amides is 1. The van der Waals surface area contributed by atoms with E-state index in [-0.39, 0.29) is 17.2 Å². The van der Waals surface area contributed by atoms with Crippen LogP contribution in [0.5, 0.6) is 5.75 Å². The van der Waals surface area contributed by atoms with Gasteiger partial charge >= 0.3 is 0 Å². The Morgan fingerprint density at radius 2 is 2.00 bits per heavy atom. The first-order valence-corrected chi connectivity index (χ1v) is 6.95. The van der Waals surface area contributed by atoms with Gasteiger partial charge in [0, 0.05) is 12.1 Å². The minimum atomic E-state index is -0.538. The van der Waals surface area contributed by atoms with Crippen LogP contribution in [-0.4, -0.2) is 24.6 Å². The number of hydrogen-bond donors (Lipinski definition) is 2. The van der Waals surface area contributed by atoms with E-state index in [9.17, 15) is 9.18 Å². The van der Waals surface area contributed by atoms with E-state index < -0.39 is 11.4 Å². The quantitative estimate of drug-likeness (QED) is 0.807. The normalized spacial score (nSPS) is 11.2. The topological polar surface area (TPSA) is 64.3 Å². The third-order valence-electron chi connectivity index (χ3n) is 3.51. The van der Waals surface area contributed by atoms with E-state index in [1.807, 2.05) is 13.8 Å². The van der Waals surface area contributed by atoms with Crippen LogP contribution in [0.15, 0.2) is 18.2 Å². The highest BCUT2D eigenvalue weighted by Gasteiger charge is 2.23. The molecule has 0 aliphatic carbocycles. The zero-order valence-electron chi connectivity index (χ0n) is 12.3. The molecular weight excluding hydrogens is 259 g/mol. The summed E-state index contributed by atoms with van der Waals surface area (Å²) in [5.74, 6) is -0.919. The molecule has 0 saturated heterocycles. The van der Waals surface area contributed by atoms with E-state index in [2.05, 4.69) is 5.32 Å². The van der Waals surface area contributed by atoms with Gasteiger partial charge in [0.05, 0.1) is 12.2 Å². The summed E-state index contributed by atoms with van der Waals surface area (Å²) in [6.45, 7) is 6.34. The molecule has 20 heavy (non-hydrogen) atoms. The Bertz CT molecular complexity index is 459. The monoisotopic (exact) mass is 282 g/mol. The maximum Gasteiger partial charge on any atom is 0.255 e. The van der Waals surface area contributed by atoms with Crippen LogP contribution in [0.1, 0.15) is 44.0 Å². The van der Waals surface area contributed by atoms with E-state index in [4.69, 9.17) is 10.5 Å². The fourth-order valence-electron chi connectivity index (χ4n) is 1.83. The SMILES string of the molecule is CCOc1c(F)cccc1C(=O)NCC(N)(CC)CC. The van der Waals surface area contributed by atoms with Crippen molar-refractivity contribution >= 4 is 5.91 Å². The standard InChI is InChI=1S/C15H23FN2O2/c1-4-15(17,5-2)10-18-14(19)11-8-7-9-12(16)13(11)20-6-3/h7-9H,4-6,10,17H2,1-3H3,(H,18,19). The Balaban J connectivity index is 2.85. The van der Waals surface area contributed by atoms with Crippen molar-refractivity contribution in [3.8, 4) is 5.75 Å². The van der Waals surface area contributed by atoms with Gasteiger partial charge in [-0.1, -0.05) is 19.9 Å². The molecule has 1 amide bonds. The third-order valence-corrected chi connectivity index (χ3v) is 3.51. The number of nitrogens with two attached hydrogens (primary N) is 1. The molecule has 0 saturated carbocycles. The Kier molecular flexibility index (Phi) is 5.95. The van der Waals surface area contributed by atoms with E-state index in [0.717, 1.165) is 12.8 Å². The smallest absolute Gasteiger partial charge is 0.255 e. The van der Waals surface area contributed by atoms with E-state index >= 15 is 0 Å². The maximum absolute atomic E-state index is 13.7. The Morgan fingerprint density at radius 3 is 2.55 bits per heavy atom. The summed E-state index contributed by atoms with van der Waals surface area (Å²) < 4.78 is 18.9. The number of rotatable bonds is 7. The first-order valence-electron chi connectivity index (χ1n) is 6.95. The molecule has 0 heterocycles. The molecule has 0 aliphatic rings. The molecule has 1 aromatic carbocycles. The number of carbonyl (C=O) groups excluding carboxylic acids is 1. The van der Waals surface area contributed by atoms with Gasteiger partial charge < -0.3 is 15.8 Å². The molecule has 0 bridgehead atoms. The first kappa shape index (κ1) is 16.4. The molecule has 0 atom stereocenters. The van der Waals surface area contributed by atoms with Gasteiger partial charge in [-0.25, -0.2) is 4.39 Å². The molecule has 112 valence electrons. The highest BCUT2D eigenvalue weighted by Crippen LogP contribution is 2.22. The second-order valence-corrected chi connectivity index (χ2v) is 4.80. The average molecular weight is 282 g/mol. The summed E-state index contributed by atoms with van der Waals surface area (Å²) in [4.78, 5) is 12.2. The minimum absolute atomic E-state index is 0.0110. The predicted octanol–water partition coefficient (Wildman–Crippen LogP) is 2.47. The van der Waals surface area contributed by atoms with Gasteiger partial charge in [-0.3, -0.25) is 4.79 Å². The Labute approximate surface area is 119 Å². The van der Waals surface area contributed by atoms with Crippen molar-refractivity contribution in [2.75, 3.05) is 13.2 Å². The van der Waals surface area contributed by atoms with Gasteiger partial charge in [0.15, 0.2) is 11.6 Å². The number of para-hydroxylation sites is 1. The number of nitrogens with one attached hydrogen (secondary N) is 1. The maximum atomic E-state index is 13.7. The molecule has 5 heteroatoms. The lowest BCUT2D eigenvalue weighted by atomic mass is 9.94. The predicted molar refractivity (Wildman–Crippen MR) is 77.4 cm³/mol. The Hall–Kier alpha value is -1.62. The van der Waals surface area contributed by atoms with Crippen molar-refractivity contribution < 1.29 is 13.9 Å². The summed E-state index contributed by atoms with van der Waals surface area (Å²) >= 11 is 0. The second kappa shape index (κ2) is 7.24. The summed E-state index contributed by atoms with van der Waals surface area (Å²) in [6.07, 6.45) is 1.51.